The lowest BCUT2D eigenvalue weighted by atomic mass is 9.43. The third-order valence-corrected chi connectivity index (χ3v) is 8.33. The molecule has 1 spiro atoms. The lowest BCUT2D eigenvalue weighted by molar-refractivity contribution is -0.465. The average molecular weight is 348 g/mol. The fourth-order valence-corrected chi connectivity index (χ4v) is 6.67. The predicted octanol–water partition coefficient (Wildman–Crippen LogP) is 4.58. The predicted molar refractivity (Wildman–Crippen MR) is 94.6 cm³/mol. The third-order valence-electron chi connectivity index (χ3n) is 8.33. The number of fused-ring (bicyclic) bond motifs is 3. The molecule has 0 aromatic carbocycles. The summed E-state index contributed by atoms with van der Waals surface area (Å²) in [6, 6.07) is 0. The van der Waals surface area contributed by atoms with Gasteiger partial charge in [-0.05, 0) is 68.9 Å². The van der Waals surface area contributed by atoms with Gasteiger partial charge in [0.15, 0.2) is 0 Å². The molecule has 1 saturated heterocycles. The Bertz CT molecular complexity index is 613. The first-order valence-electron chi connectivity index (χ1n) is 9.92. The van der Waals surface area contributed by atoms with Gasteiger partial charge in [0.05, 0.1) is 12.5 Å². The first-order valence-corrected chi connectivity index (χ1v) is 9.92. The zero-order valence-electron chi connectivity index (χ0n) is 16.3. The van der Waals surface area contributed by atoms with Gasteiger partial charge < -0.3 is 4.74 Å². The number of hydrogen-bond acceptors (Lipinski definition) is 4. The van der Waals surface area contributed by atoms with E-state index in [0.29, 0.717) is 5.92 Å². The van der Waals surface area contributed by atoms with E-state index >= 15 is 0 Å². The number of hydrogen-bond donors (Lipinski definition) is 0. The summed E-state index contributed by atoms with van der Waals surface area (Å²) in [5, 5.41) is 0. The molecule has 2 heterocycles. The quantitative estimate of drug-likeness (QED) is 0.416. The lowest BCUT2D eigenvalue weighted by Gasteiger charge is -2.66. The highest BCUT2D eigenvalue weighted by Crippen LogP contribution is 2.68. The molecule has 0 aromatic heterocycles. The van der Waals surface area contributed by atoms with Crippen LogP contribution in [0.3, 0.4) is 0 Å². The molecule has 5 aliphatic rings. The normalized spacial score (nSPS) is 48.6. The van der Waals surface area contributed by atoms with E-state index < -0.39 is 5.41 Å². The number of esters is 1. The van der Waals surface area contributed by atoms with E-state index in [0.717, 1.165) is 44.9 Å². The monoisotopic (exact) mass is 348 g/mol. The van der Waals surface area contributed by atoms with Crippen LogP contribution in [0, 0.1) is 22.7 Å². The molecule has 3 aliphatic carbocycles. The van der Waals surface area contributed by atoms with Crippen molar-refractivity contribution in [3.05, 3.63) is 11.6 Å². The van der Waals surface area contributed by atoms with Crippen LogP contribution in [-0.2, 0) is 19.3 Å². The lowest BCUT2D eigenvalue weighted by Crippen LogP contribution is -2.68. The minimum Gasteiger partial charge on any atom is -0.469 e. The molecule has 25 heavy (non-hydrogen) atoms. The van der Waals surface area contributed by atoms with Crippen molar-refractivity contribution >= 4 is 5.97 Å². The van der Waals surface area contributed by atoms with Crippen molar-refractivity contribution in [3.8, 4) is 0 Å². The van der Waals surface area contributed by atoms with Gasteiger partial charge in [-0.25, -0.2) is 9.78 Å². The molecule has 0 radical (unpaired) electrons. The van der Waals surface area contributed by atoms with Crippen LogP contribution in [0.4, 0.5) is 0 Å². The molecule has 5 rings (SSSR count). The molecule has 2 bridgehead atoms. The number of carbonyl (C=O) groups is 1. The number of rotatable bonds is 2. The second-order valence-electron chi connectivity index (χ2n) is 9.54. The van der Waals surface area contributed by atoms with Gasteiger partial charge in [-0.1, -0.05) is 27.2 Å². The first kappa shape index (κ1) is 17.5. The van der Waals surface area contributed by atoms with Crippen molar-refractivity contribution in [1.29, 1.82) is 0 Å². The molecule has 3 fully saturated rings. The van der Waals surface area contributed by atoms with Crippen LogP contribution in [0.2, 0.25) is 0 Å². The van der Waals surface area contributed by atoms with Crippen LogP contribution >= 0.6 is 0 Å². The Labute approximate surface area is 151 Å². The van der Waals surface area contributed by atoms with E-state index in [9.17, 15) is 4.79 Å². The number of ether oxygens (including phenoxy) is 1. The summed E-state index contributed by atoms with van der Waals surface area (Å²) < 4.78 is 5.22. The Balaban J connectivity index is 1.79. The molecule has 4 heteroatoms. The van der Waals surface area contributed by atoms with Crippen molar-refractivity contribution in [3.63, 3.8) is 0 Å². The van der Waals surface area contributed by atoms with Crippen molar-refractivity contribution in [2.75, 3.05) is 7.11 Å². The fraction of sp³-hybridized carbons (Fsp3) is 0.857. The summed E-state index contributed by atoms with van der Waals surface area (Å²) in [5.74, 6) is 0.610. The maximum atomic E-state index is 12.7. The summed E-state index contributed by atoms with van der Waals surface area (Å²) >= 11 is 0. The van der Waals surface area contributed by atoms with Crippen LogP contribution in [0.25, 0.3) is 0 Å². The maximum Gasteiger partial charge on any atom is 0.311 e. The summed E-state index contributed by atoms with van der Waals surface area (Å²) in [7, 11) is 1.52. The molecule has 2 saturated carbocycles. The molecular formula is C21H32O4. The Morgan fingerprint density at radius 3 is 2.56 bits per heavy atom. The summed E-state index contributed by atoms with van der Waals surface area (Å²) in [5.41, 5.74) is 0.298. The van der Waals surface area contributed by atoms with Crippen molar-refractivity contribution in [2.24, 2.45) is 22.7 Å². The van der Waals surface area contributed by atoms with Crippen molar-refractivity contribution in [2.45, 2.75) is 83.8 Å². The molecule has 0 unspecified atom stereocenters. The second-order valence-corrected chi connectivity index (χ2v) is 9.54. The molecule has 5 atom stereocenters. The molecule has 0 amide bonds. The maximum absolute atomic E-state index is 12.7. The number of methoxy groups -OCH3 is 1. The highest BCUT2D eigenvalue weighted by Gasteiger charge is 2.69. The Morgan fingerprint density at radius 2 is 1.96 bits per heavy atom. The first-order chi connectivity index (χ1) is 11.7. The van der Waals surface area contributed by atoms with Gasteiger partial charge in [0, 0.05) is 5.41 Å². The van der Waals surface area contributed by atoms with E-state index in [-0.39, 0.29) is 28.5 Å². The largest absolute Gasteiger partial charge is 0.469 e. The highest BCUT2D eigenvalue weighted by molar-refractivity contribution is 5.77. The molecule has 0 aromatic rings. The summed E-state index contributed by atoms with van der Waals surface area (Å²) in [6.45, 7) is 8.86. The smallest absolute Gasteiger partial charge is 0.311 e. The highest BCUT2D eigenvalue weighted by atomic mass is 17.2. The zero-order valence-corrected chi connectivity index (χ0v) is 16.3. The topological polar surface area (TPSA) is 44.8 Å². The molecular weight excluding hydrogens is 316 g/mol. The molecule has 4 nitrogen and oxygen atoms in total. The Kier molecular flexibility index (Phi) is 3.73. The minimum atomic E-state index is -0.421. The second kappa shape index (κ2) is 5.32. The van der Waals surface area contributed by atoms with Gasteiger partial charge in [0.1, 0.15) is 11.2 Å². The van der Waals surface area contributed by atoms with Crippen molar-refractivity contribution in [1.82, 2.24) is 0 Å². The van der Waals surface area contributed by atoms with Gasteiger partial charge in [0.25, 0.3) is 0 Å². The van der Waals surface area contributed by atoms with E-state index in [1.807, 2.05) is 0 Å². The van der Waals surface area contributed by atoms with Crippen LogP contribution in [0.1, 0.15) is 72.6 Å². The van der Waals surface area contributed by atoms with Gasteiger partial charge >= 0.3 is 5.97 Å². The van der Waals surface area contributed by atoms with Gasteiger partial charge in [0.2, 0.25) is 0 Å². The third kappa shape index (κ3) is 1.98. The minimum absolute atomic E-state index is 0.0590. The standard InChI is InChI=1S/C21H32O4/c1-14(2)20-11-12-21(25-24-20)15(13-20)7-8-16-18(3,17(22)23-5)9-6-10-19(16,21)4/h13-14,16H,6-12H2,1-5H3/t16-,18+,19-,20+,21+/m0/s1. The van der Waals surface area contributed by atoms with Gasteiger partial charge in [-0.15, -0.1) is 0 Å². The summed E-state index contributed by atoms with van der Waals surface area (Å²) in [4.78, 5) is 25.0. The zero-order chi connectivity index (χ0) is 18.1. The van der Waals surface area contributed by atoms with Crippen LogP contribution in [-0.4, -0.2) is 24.3 Å². The van der Waals surface area contributed by atoms with E-state index in [1.165, 1.54) is 12.7 Å². The van der Waals surface area contributed by atoms with E-state index in [2.05, 4.69) is 33.8 Å². The van der Waals surface area contributed by atoms with Crippen LogP contribution in [0.15, 0.2) is 11.6 Å². The van der Waals surface area contributed by atoms with E-state index in [1.54, 1.807) is 0 Å². The fourth-order valence-electron chi connectivity index (χ4n) is 6.67. The number of carbonyl (C=O) groups excluding carboxylic acids is 1. The van der Waals surface area contributed by atoms with Crippen LogP contribution < -0.4 is 0 Å². The Morgan fingerprint density at radius 1 is 1.20 bits per heavy atom. The van der Waals surface area contributed by atoms with Gasteiger partial charge in [-0.3, -0.25) is 4.79 Å². The molecule has 0 N–H and O–H groups in total. The molecule has 140 valence electrons. The van der Waals surface area contributed by atoms with Gasteiger partial charge in [-0.2, -0.15) is 0 Å². The molecule has 2 aliphatic heterocycles. The summed E-state index contributed by atoms with van der Waals surface area (Å²) in [6.07, 6.45) is 9.46. The average Bonchev–Trinajstić information content (AvgIpc) is 2.61. The SMILES string of the molecule is COC(=O)[C@]1(C)CCC[C@@]2(C)[C@H]1CCC1=C[C@@]3(C(C)C)CC[C@@]12OO3. The van der Waals surface area contributed by atoms with Crippen LogP contribution in [0.5, 0.6) is 0 Å². The van der Waals surface area contributed by atoms with E-state index in [4.69, 9.17) is 14.5 Å². The van der Waals surface area contributed by atoms with Crippen molar-refractivity contribution < 1.29 is 19.3 Å². The Hall–Kier alpha value is -0.870.